The molecular weight excluding hydrogens is 432 g/mol. The summed E-state index contributed by atoms with van der Waals surface area (Å²) in [6.45, 7) is 0. The summed E-state index contributed by atoms with van der Waals surface area (Å²) in [7, 11) is 4.60. The van der Waals surface area contributed by atoms with Crippen LogP contribution in [0.4, 0.5) is 0 Å². The van der Waals surface area contributed by atoms with Gasteiger partial charge in [0.1, 0.15) is 12.2 Å². The molecule has 3 atom stereocenters. The summed E-state index contributed by atoms with van der Waals surface area (Å²) in [5, 5.41) is 11.5. The molecular formula is C16H16Br2O5. The van der Waals surface area contributed by atoms with Gasteiger partial charge in [-0.1, -0.05) is 44.0 Å². The fraction of sp³-hybridized carbons (Fsp3) is 0.375. The Kier molecular flexibility index (Phi) is 4.48. The van der Waals surface area contributed by atoms with Crippen LogP contribution in [0, 0.1) is 0 Å². The molecule has 0 aliphatic carbocycles. The second-order valence-electron chi connectivity index (χ2n) is 5.17. The van der Waals surface area contributed by atoms with Gasteiger partial charge in [0.2, 0.25) is 5.75 Å². The number of hydrogen-bond donors (Lipinski definition) is 1. The molecule has 1 N–H and O–H groups in total. The Morgan fingerprint density at radius 1 is 1.04 bits per heavy atom. The van der Waals surface area contributed by atoms with Crippen LogP contribution in [-0.2, 0) is 10.3 Å². The molecule has 0 spiro atoms. The monoisotopic (exact) mass is 446 g/mol. The van der Waals surface area contributed by atoms with Crippen LogP contribution in [0.2, 0.25) is 0 Å². The van der Waals surface area contributed by atoms with Crippen LogP contribution in [0.5, 0.6) is 17.2 Å². The van der Waals surface area contributed by atoms with E-state index in [1.165, 1.54) is 14.2 Å². The zero-order valence-electron chi connectivity index (χ0n) is 12.8. The molecule has 3 rings (SSSR count). The van der Waals surface area contributed by atoms with E-state index in [4.69, 9.17) is 18.9 Å². The Labute approximate surface area is 151 Å². The molecule has 0 aromatic heterocycles. The first-order valence-electron chi connectivity index (χ1n) is 6.90. The number of methoxy groups -OCH3 is 3. The Bertz CT molecular complexity index is 700. The molecule has 0 fully saturated rings. The highest BCUT2D eigenvalue weighted by molar-refractivity contribution is 9.14. The maximum absolute atomic E-state index is 11.5. The Morgan fingerprint density at radius 3 is 2.35 bits per heavy atom. The fourth-order valence-electron chi connectivity index (χ4n) is 2.94. The molecule has 2 bridgehead atoms. The molecule has 0 saturated carbocycles. The number of benzene rings is 1. The molecule has 1 aromatic carbocycles. The number of halogens is 2. The van der Waals surface area contributed by atoms with Gasteiger partial charge in [-0.25, -0.2) is 0 Å². The summed E-state index contributed by atoms with van der Waals surface area (Å²) in [6.07, 6.45) is 3.02. The fourth-order valence-corrected chi connectivity index (χ4v) is 4.16. The van der Waals surface area contributed by atoms with Crippen molar-refractivity contribution >= 4 is 31.9 Å². The van der Waals surface area contributed by atoms with Gasteiger partial charge in [-0.3, -0.25) is 0 Å². The molecule has 0 radical (unpaired) electrons. The van der Waals surface area contributed by atoms with Crippen LogP contribution in [-0.4, -0.2) is 38.6 Å². The summed E-state index contributed by atoms with van der Waals surface area (Å²) in [5.41, 5.74) is -0.913. The molecule has 2 aliphatic rings. The van der Waals surface area contributed by atoms with E-state index in [9.17, 15) is 5.11 Å². The Balaban J connectivity index is 2.25. The van der Waals surface area contributed by atoms with Crippen LogP contribution in [0.25, 0.3) is 0 Å². The zero-order valence-corrected chi connectivity index (χ0v) is 16.0. The van der Waals surface area contributed by atoms with Crippen molar-refractivity contribution in [2.75, 3.05) is 21.3 Å². The van der Waals surface area contributed by atoms with E-state index < -0.39 is 11.7 Å². The third-order valence-electron chi connectivity index (χ3n) is 4.07. The van der Waals surface area contributed by atoms with Crippen molar-refractivity contribution in [1.82, 2.24) is 0 Å². The largest absolute Gasteiger partial charge is 0.493 e. The number of fused-ring (bicyclic) bond motifs is 2. The first kappa shape index (κ1) is 16.8. The standard InChI is InChI=1S/C16H16Br2O5/c1-20-10-5-4-8(13(21-2)14(10)22-3)16(19)11-7-6-9(23-11)12(17)15(16)18/h4-7,9,11,19H,1-3H3. The SMILES string of the molecule is COc1ccc(C2(O)C(Br)=C(Br)C3C=CC2O3)c(OC)c1OC. The molecule has 7 heteroatoms. The van der Waals surface area contributed by atoms with Gasteiger partial charge in [0.15, 0.2) is 17.1 Å². The summed E-state index contributed by atoms with van der Waals surface area (Å²) in [4.78, 5) is 0. The predicted molar refractivity (Wildman–Crippen MR) is 92.7 cm³/mol. The van der Waals surface area contributed by atoms with E-state index in [1.807, 2.05) is 12.2 Å². The normalized spacial score (nSPS) is 29.0. The minimum absolute atomic E-state index is 0.194. The number of ether oxygens (including phenoxy) is 4. The number of hydrogen-bond acceptors (Lipinski definition) is 5. The average Bonchev–Trinajstić information content (AvgIpc) is 3.05. The average molecular weight is 448 g/mol. The van der Waals surface area contributed by atoms with Gasteiger partial charge in [-0.2, -0.15) is 0 Å². The van der Waals surface area contributed by atoms with Gasteiger partial charge >= 0.3 is 0 Å². The topological polar surface area (TPSA) is 57.2 Å². The second kappa shape index (κ2) is 6.12. The lowest BCUT2D eigenvalue weighted by Crippen LogP contribution is -2.44. The third kappa shape index (κ3) is 2.33. The van der Waals surface area contributed by atoms with E-state index in [2.05, 4.69) is 31.9 Å². The maximum atomic E-state index is 11.5. The quantitative estimate of drug-likeness (QED) is 0.718. The zero-order chi connectivity index (χ0) is 16.8. The predicted octanol–water partition coefficient (Wildman–Crippen LogP) is 3.24. The number of aliphatic hydroxyl groups is 1. The molecule has 0 saturated heterocycles. The molecule has 23 heavy (non-hydrogen) atoms. The van der Waals surface area contributed by atoms with Gasteiger partial charge in [0, 0.05) is 14.5 Å². The molecule has 0 amide bonds. The van der Waals surface area contributed by atoms with E-state index in [1.54, 1.807) is 19.2 Å². The summed E-state index contributed by atoms with van der Waals surface area (Å²) in [6, 6.07) is 3.48. The second-order valence-corrected chi connectivity index (χ2v) is 6.82. The van der Waals surface area contributed by atoms with Crippen molar-refractivity contribution in [2.45, 2.75) is 17.8 Å². The van der Waals surface area contributed by atoms with E-state index in [-0.39, 0.29) is 6.10 Å². The molecule has 2 heterocycles. The lowest BCUT2D eigenvalue weighted by molar-refractivity contribution is -0.0739. The van der Waals surface area contributed by atoms with Gasteiger partial charge in [-0.15, -0.1) is 0 Å². The van der Waals surface area contributed by atoms with Crippen molar-refractivity contribution in [1.29, 1.82) is 0 Å². The van der Waals surface area contributed by atoms with Crippen molar-refractivity contribution in [3.05, 3.63) is 38.8 Å². The van der Waals surface area contributed by atoms with Gasteiger partial charge < -0.3 is 24.1 Å². The smallest absolute Gasteiger partial charge is 0.203 e. The number of rotatable bonds is 4. The summed E-state index contributed by atoms with van der Waals surface area (Å²) >= 11 is 7.00. The summed E-state index contributed by atoms with van der Waals surface area (Å²) < 4.78 is 23.4. The lowest BCUT2D eigenvalue weighted by Gasteiger charge is -2.39. The van der Waals surface area contributed by atoms with E-state index in [0.29, 0.717) is 27.3 Å². The Morgan fingerprint density at radius 2 is 1.74 bits per heavy atom. The Hall–Kier alpha value is -1.02. The van der Waals surface area contributed by atoms with Crippen LogP contribution >= 0.6 is 31.9 Å². The van der Waals surface area contributed by atoms with Crippen molar-refractivity contribution in [3.63, 3.8) is 0 Å². The van der Waals surface area contributed by atoms with E-state index >= 15 is 0 Å². The van der Waals surface area contributed by atoms with Gasteiger partial charge in [-0.05, 0) is 12.1 Å². The molecule has 1 aromatic rings. The van der Waals surface area contributed by atoms with Crippen LogP contribution in [0.3, 0.4) is 0 Å². The molecule has 5 nitrogen and oxygen atoms in total. The highest BCUT2D eigenvalue weighted by Crippen LogP contribution is 2.54. The first-order valence-corrected chi connectivity index (χ1v) is 8.48. The highest BCUT2D eigenvalue weighted by Gasteiger charge is 2.51. The third-order valence-corrected chi connectivity index (χ3v) is 6.49. The van der Waals surface area contributed by atoms with E-state index in [0.717, 1.165) is 4.48 Å². The first-order chi connectivity index (χ1) is 11.0. The lowest BCUT2D eigenvalue weighted by atomic mass is 9.86. The minimum Gasteiger partial charge on any atom is -0.493 e. The molecule has 124 valence electrons. The minimum atomic E-state index is -1.44. The van der Waals surface area contributed by atoms with Gasteiger partial charge in [0.25, 0.3) is 0 Å². The van der Waals surface area contributed by atoms with Gasteiger partial charge in [0.05, 0.1) is 21.3 Å². The van der Waals surface area contributed by atoms with Crippen molar-refractivity contribution in [2.24, 2.45) is 0 Å². The van der Waals surface area contributed by atoms with Crippen LogP contribution in [0.15, 0.2) is 33.2 Å². The van der Waals surface area contributed by atoms with Crippen LogP contribution in [0.1, 0.15) is 5.56 Å². The maximum Gasteiger partial charge on any atom is 0.203 e. The highest BCUT2D eigenvalue weighted by atomic mass is 79.9. The van der Waals surface area contributed by atoms with Crippen LogP contribution < -0.4 is 14.2 Å². The molecule has 3 unspecified atom stereocenters. The summed E-state index contributed by atoms with van der Waals surface area (Å²) in [5.74, 6) is 1.34. The van der Waals surface area contributed by atoms with Crippen molar-refractivity contribution in [3.8, 4) is 17.2 Å². The molecule has 2 aliphatic heterocycles. The van der Waals surface area contributed by atoms with Crippen molar-refractivity contribution < 1.29 is 24.1 Å².